The third kappa shape index (κ3) is 5.29. The van der Waals surface area contributed by atoms with E-state index in [9.17, 15) is 4.79 Å². The van der Waals surface area contributed by atoms with Crippen LogP contribution in [0.3, 0.4) is 0 Å². The predicted octanol–water partition coefficient (Wildman–Crippen LogP) is 6.52. The zero-order valence-electron chi connectivity index (χ0n) is 21.4. The molecule has 0 bridgehead atoms. The molecular formula is C29H39N3O2. The van der Waals surface area contributed by atoms with Gasteiger partial charge in [-0.1, -0.05) is 38.1 Å². The number of nitrogens with zero attached hydrogens (tertiary/aromatic N) is 3. The van der Waals surface area contributed by atoms with Gasteiger partial charge in [-0.15, -0.1) is 0 Å². The molecule has 0 aliphatic carbocycles. The largest absolute Gasteiger partial charge is 0.494 e. The number of para-hydroxylation sites is 2. The Morgan fingerprint density at radius 1 is 1.09 bits per heavy atom. The van der Waals surface area contributed by atoms with Gasteiger partial charge in [0.15, 0.2) is 0 Å². The van der Waals surface area contributed by atoms with Crippen molar-refractivity contribution < 1.29 is 9.53 Å². The van der Waals surface area contributed by atoms with E-state index in [2.05, 4.69) is 81.7 Å². The first-order valence-electron chi connectivity index (χ1n) is 12.8. The number of amides is 1. The van der Waals surface area contributed by atoms with Gasteiger partial charge >= 0.3 is 0 Å². The van der Waals surface area contributed by atoms with E-state index < -0.39 is 0 Å². The fourth-order valence-electron chi connectivity index (χ4n) is 4.86. The number of hydrogen-bond acceptors (Lipinski definition) is 3. The van der Waals surface area contributed by atoms with Crippen LogP contribution in [0.2, 0.25) is 0 Å². The van der Waals surface area contributed by atoms with Crippen LogP contribution >= 0.6 is 0 Å². The van der Waals surface area contributed by atoms with Gasteiger partial charge in [-0.3, -0.25) is 4.79 Å². The maximum Gasteiger partial charge on any atom is 0.223 e. The van der Waals surface area contributed by atoms with Crippen LogP contribution in [0.25, 0.3) is 11.0 Å². The number of hydrogen-bond donors (Lipinski definition) is 0. The summed E-state index contributed by atoms with van der Waals surface area (Å²) in [5, 5.41) is 0. The molecular weight excluding hydrogens is 422 g/mol. The average molecular weight is 462 g/mol. The minimum absolute atomic E-state index is 0.138. The van der Waals surface area contributed by atoms with Crippen LogP contribution in [-0.4, -0.2) is 39.0 Å². The highest BCUT2D eigenvalue weighted by atomic mass is 16.5. The van der Waals surface area contributed by atoms with Crippen molar-refractivity contribution in [3.05, 3.63) is 59.9 Å². The predicted molar refractivity (Wildman–Crippen MR) is 138 cm³/mol. The summed E-state index contributed by atoms with van der Waals surface area (Å²) in [5.74, 6) is 2.93. The van der Waals surface area contributed by atoms with Crippen molar-refractivity contribution >= 4 is 16.9 Å². The molecule has 1 aliphatic rings. The Hall–Kier alpha value is -2.82. The molecule has 1 saturated heterocycles. The molecule has 0 N–H and O–H groups in total. The molecule has 34 heavy (non-hydrogen) atoms. The molecule has 2 unspecified atom stereocenters. The second kappa shape index (κ2) is 10.2. The fourth-order valence-corrected chi connectivity index (χ4v) is 4.86. The molecule has 1 aliphatic heterocycles. The maximum atomic E-state index is 12.7. The molecule has 1 fully saturated rings. The topological polar surface area (TPSA) is 47.4 Å². The number of likely N-dealkylation sites (tertiary alicyclic amines) is 1. The van der Waals surface area contributed by atoms with Crippen LogP contribution in [0.5, 0.6) is 5.75 Å². The molecule has 1 aromatic heterocycles. The van der Waals surface area contributed by atoms with Crippen molar-refractivity contribution in [1.82, 2.24) is 14.5 Å². The summed E-state index contributed by atoms with van der Waals surface area (Å²) in [5.41, 5.74) is 3.37. The van der Waals surface area contributed by atoms with E-state index in [1.54, 1.807) is 0 Å². The summed E-state index contributed by atoms with van der Waals surface area (Å²) in [7, 11) is 0. The highest BCUT2D eigenvalue weighted by Crippen LogP contribution is 2.34. The van der Waals surface area contributed by atoms with Crippen LogP contribution < -0.4 is 4.74 Å². The van der Waals surface area contributed by atoms with Crippen LogP contribution in [0.4, 0.5) is 0 Å². The first-order chi connectivity index (χ1) is 16.3. The normalized spacial score (nSPS) is 17.5. The molecule has 3 aromatic rings. The number of ether oxygens (including phenoxy) is 1. The molecule has 2 aromatic carbocycles. The molecule has 2 atom stereocenters. The lowest BCUT2D eigenvalue weighted by molar-refractivity contribution is -0.131. The van der Waals surface area contributed by atoms with Crippen molar-refractivity contribution in [3.8, 4) is 5.75 Å². The van der Waals surface area contributed by atoms with Gasteiger partial charge in [0.2, 0.25) is 5.91 Å². The van der Waals surface area contributed by atoms with Gasteiger partial charge in [-0.25, -0.2) is 4.98 Å². The summed E-state index contributed by atoms with van der Waals surface area (Å²) in [4.78, 5) is 19.7. The number of aryl methyl sites for hydroxylation is 1. The van der Waals surface area contributed by atoms with E-state index in [0.717, 1.165) is 55.0 Å². The second-order valence-electron chi connectivity index (χ2n) is 10.6. The Kier molecular flexibility index (Phi) is 7.30. The fraction of sp³-hybridized carbons (Fsp3) is 0.517. The third-order valence-corrected chi connectivity index (χ3v) is 7.09. The summed E-state index contributed by atoms with van der Waals surface area (Å²) >= 11 is 0. The highest BCUT2D eigenvalue weighted by Gasteiger charge is 2.38. The summed E-state index contributed by atoms with van der Waals surface area (Å²) in [6.45, 7) is 13.1. The van der Waals surface area contributed by atoms with Crippen molar-refractivity contribution in [2.24, 2.45) is 0 Å². The quantitative estimate of drug-likeness (QED) is 0.341. The number of aromatic nitrogens is 2. The summed E-state index contributed by atoms with van der Waals surface area (Å²) < 4.78 is 8.33. The number of rotatable bonds is 9. The van der Waals surface area contributed by atoms with E-state index >= 15 is 0 Å². The van der Waals surface area contributed by atoms with Crippen molar-refractivity contribution in [3.63, 3.8) is 0 Å². The Morgan fingerprint density at radius 2 is 1.82 bits per heavy atom. The van der Waals surface area contributed by atoms with Gasteiger partial charge in [-0.2, -0.15) is 0 Å². The van der Waals surface area contributed by atoms with E-state index in [0.29, 0.717) is 18.9 Å². The molecule has 0 saturated carbocycles. The van der Waals surface area contributed by atoms with E-state index in [1.807, 2.05) is 11.0 Å². The first kappa shape index (κ1) is 24.3. The molecule has 4 rings (SSSR count). The zero-order chi connectivity index (χ0) is 24.3. The average Bonchev–Trinajstić information content (AvgIpc) is 3.39. The van der Waals surface area contributed by atoms with Gasteiger partial charge in [0.05, 0.1) is 17.6 Å². The molecule has 182 valence electrons. The Balaban J connectivity index is 1.39. The van der Waals surface area contributed by atoms with Crippen molar-refractivity contribution in [2.45, 2.75) is 84.2 Å². The van der Waals surface area contributed by atoms with Crippen LogP contribution in [0.15, 0.2) is 48.5 Å². The summed E-state index contributed by atoms with van der Waals surface area (Å²) in [6.07, 6.45) is 3.66. The standard InChI is InChI=1S/C29H39N3O2/c1-6-21(2)22-13-15-24(16-14-22)34-18-10-9-17-31-26-12-8-7-11-25(26)30-28(31)23-19-27(33)32(20-23)29(3,4)5/h7-8,11-16,21,23H,6,9-10,17-20H2,1-5H3. The van der Waals surface area contributed by atoms with E-state index in [-0.39, 0.29) is 17.4 Å². The first-order valence-corrected chi connectivity index (χ1v) is 12.8. The Morgan fingerprint density at radius 3 is 2.50 bits per heavy atom. The van der Waals surface area contributed by atoms with Crippen LogP contribution in [-0.2, 0) is 11.3 Å². The number of carbonyl (C=O) groups is 1. The number of unbranched alkanes of at least 4 members (excludes halogenated alkanes) is 1. The number of fused-ring (bicyclic) bond motifs is 1. The van der Waals surface area contributed by atoms with E-state index in [1.165, 1.54) is 5.56 Å². The van der Waals surface area contributed by atoms with Crippen molar-refractivity contribution in [1.29, 1.82) is 0 Å². The minimum atomic E-state index is -0.160. The lowest BCUT2D eigenvalue weighted by atomic mass is 9.99. The lowest BCUT2D eigenvalue weighted by Crippen LogP contribution is -2.42. The van der Waals surface area contributed by atoms with Gasteiger partial charge in [0, 0.05) is 31.0 Å². The second-order valence-corrected chi connectivity index (χ2v) is 10.6. The Labute approximate surface area is 204 Å². The van der Waals surface area contributed by atoms with Gasteiger partial charge in [0.1, 0.15) is 11.6 Å². The monoisotopic (exact) mass is 461 g/mol. The Bertz CT molecular complexity index is 1110. The van der Waals surface area contributed by atoms with Crippen LogP contribution in [0, 0.1) is 0 Å². The molecule has 2 heterocycles. The SMILES string of the molecule is CCC(C)c1ccc(OCCCCn2c(C3CC(=O)N(C(C)(C)C)C3)nc3ccccc32)cc1. The third-order valence-electron chi connectivity index (χ3n) is 7.09. The molecule has 1 amide bonds. The van der Waals surface area contributed by atoms with Gasteiger partial charge in [0.25, 0.3) is 0 Å². The van der Waals surface area contributed by atoms with Gasteiger partial charge in [-0.05, 0) is 75.8 Å². The molecule has 5 nitrogen and oxygen atoms in total. The van der Waals surface area contributed by atoms with Crippen LogP contribution in [0.1, 0.15) is 83.5 Å². The van der Waals surface area contributed by atoms with Crippen molar-refractivity contribution in [2.75, 3.05) is 13.2 Å². The number of benzene rings is 2. The molecule has 5 heteroatoms. The maximum absolute atomic E-state index is 12.7. The summed E-state index contributed by atoms with van der Waals surface area (Å²) in [6, 6.07) is 16.8. The smallest absolute Gasteiger partial charge is 0.223 e. The number of carbonyl (C=O) groups excluding carboxylic acids is 1. The molecule has 0 radical (unpaired) electrons. The van der Waals surface area contributed by atoms with Gasteiger partial charge < -0.3 is 14.2 Å². The molecule has 0 spiro atoms. The number of imidazole rings is 1. The zero-order valence-corrected chi connectivity index (χ0v) is 21.4. The minimum Gasteiger partial charge on any atom is -0.494 e. The lowest BCUT2D eigenvalue weighted by Gasteiger charge is -2.32. The van der Waals surface area contributed by atoms with E-state index in [4.69, 9.17) is 9.72 Å². The highest BCUT2D eigenvalue weighted by molar-refractivity contribution is 5.81.